The summed E-state index contributed by atoms with van der Waals surface area (Å²) in [5.41, 5.74) is 4.65. The predicted molar refractivity (Wildman–Crippen MR) is 133 cm³/mol. The van der Waals surface area contributed by atoms with Gasteiger partial charge in [0.15, 0.2) is 0 Å². The first kappa shape index (κ1) is 23.4. The van der Waals surface area contributed by atoms with Crippen LogP contribution in [0.2, 0.25) is 10.0 Å². The number of carbonyl (C=O) groups excluding carboxylic acids is 3. The minimum Gasteiger partial charge on any atom is -0.352 e. The lowest BCUT2D eigenvalue weighted by atomic mass is 9.99. The van der Waals surface area contributed by atoms with Gasteiger partial charge in [-0.15, -0.1) is 0 Å². The normalized spacial score (nSPS) is 15.4. The van der Waals surface area contributed by atoms with E-state index in [-0.39, 0.29) is 22.3 Å². The lowest BCUT2D eigenvalue weighted by molar-refractivity contribution is -0.118. The second-order valence-corrected chi connectivity index (χ2v) is 9.70. The average molecular weight is 499 g/mol. The highest BCUT2D eigenvalue weighted by atomic mass is 35.5. The fourth-order valence-corrected chi connectivity index (χ4v) is 4.97. The standard InChI is InChI=1S/C25H20Cl2N2O3S/c26-20-12-19(13-21(27)14-20)23(30)28-9-8-15-2-1-3-18(10-15)17-6-4-16(5-7-17)11-22-24(31)29-25(32)33-22/h1-7,10,12-14,22H,8-9,11H2,(H,28,30)(H,29,31,32). The molecule has 1 aliphatic heterocycles. The van der Waals surface area contributed by atoms with Gasteiger partial charge in [-0.2, -0.15) is 0 Å². The molecule has 4 rings (SSSR count). The summed E-state index contributed by atoms with van der Waals surface area (Å²) in [6, 6.07) is 20.9. The molecule has 0 aliphatic carbocycles. The molecule has 8 heteroatoms. The molecule has 0 saturated carbocycles. The van der Waals surface area contributed by atoms with E-state index in [4.69, 9.17) is 23.2 Å². The van der Waals surface area contributed by atoms with Crippen LogP contribution in [0.4, 0.5) is 4.79 Å². The second kappa shape index (κ2) is 10.4. The summed E-state index contributed by atoms with van der Waals surface area (Å²) in [7, 11) is 0. The zero-order valence-corrected chi connectivity index (χ0v) is 19.8. The Bertz CT molecular complexity index is 1190. The molecule has 1 fully saturated rings. The molecule has 0 spiro atoms. The van der Waals surface area contributed by atoms with Gasteiger partial charge < -0.3 is 5.32 Å². The summed E-state index contributed by atoms with van der Waals surface area (Å²) in [5, 5.41) is 5.40. The number of carbonyl (C=O) groups is 3. The van der Waals surface area contributed by atoms with E-state index in [1.807, 2.05) is 42.5 Å². The third-order valence-corrected chi connectivity index (χ3v) is 6.64. The van der Waals surface area contributed by atoms with Crippen LogP contribution in [0.25, 0.3) is 11.1 Å². The van der Waals surface area contributed by atoms with Crippen LogP contribution in [0.15, 0.2) is 66.7 Å². The van der Waals surface area contributed by atoms with E-state index in [1.54, 1.807) is 18.2 Å². The smallest absolute Gasteiger partial charge is 0.286 e. The Kier molecular flexibility index (Phi) is 7.38. The van der Waals surface area contributed by atoms with Crippen LogP contribution in [0.3, 0.4) is 0 Å². The highest BCUT2D eigenvalue weighted by Gasteiger charge is 2.31. The van der Waals surface area contributed by atoms with Gasteiger partial charge >= 0.3 is 0 Å². The Labute approximate surface area is 205 Å². The van der Waals surface area contributed by atoms with Crippen molar-refractivity contribution in [3.8, 4) is 11.1 Å². The quantitative estimate of drug-likeness (QED) is 0.449. The van der Waals surface area contributed by atoms with Crippen LogP contribution >= 0.6 is 35.0 Å². The zero-order chi connectivity index (χ0) is 23.4. The molecular weight excluding hydrogens is 479 g/mol. The van der Waals surface area contributed by atoms with Crippen molar-refractivity contribution in [2.75, 3.05) is 6.54 Å². The minimum absolute atomic E-state index is 0.220. The van der Waals surface area contributed by atoms with Crippen molar-refractivity contribution in [3.05, 3.63) is 93.5 Å². The molecular formula is C25H20Cl2N2O3S. The van der Waals surface area contributed by atoms with Gasteiger partial charge in [0.2, 0.25) is 5.91 Å². The van der Waals surface area contributed by atoms with Crippen molar-refractivity contribution < 1.29 is 14.4 Å². The molecule has 1 aliphatic rings. The summed E-state index contributed by atoms with van der Waals surface area (Å²) in [6.45, 7) is 0.477. The molecule has 0 aromatic heterocycles. The maximum absolute atomic E-state index is 12.3. The van der Waals surface area contributed by atoms with Crippen LogP contribution in [-0.2, 0) is 17.6 Å². The number of benzene rings is 3. The van der Waals surface area contributed by atoms with E-state index >= 15 is 0 Å². The van der Waals surface area contributed by atoms with Crippen molar-refractivity contribution in [1.29, 1.82) is 0 Å². The Morgan fingerprint density at radius 2 is 1.64 bits per heavy atom. The molecule has 0 radical (unpaired) electrons. The van der Waals surface area contributed by atoms with E-state index in [1.165, 1.54) is 0 Å². The molecule has 3 amide bonds. The molecule has 33 heavy (non-hydrogen) atoms. The van der Waals surface area contributed by atoms with Crippen molar-refractivity contribution >= 4 is 52.0 Å². The number of thioether (sulfide) groups is 1. The van der Waals surface area contributed by atoms with E-state index in [9.17, 15) is 14.4 Å². The lowest BCUT2D eigenvalue weighted by Crippen LogP contribution is -2.25. The maximum atomic E-state index is 12.3. The number of rotatable bonds is 7. The maximum Gasteiger partial charge on any atom is 0.286 e. The minimum atomic E-state index is -0.371. The molecule has 1 atom stereocenters. The summed E-state index contributed by atoms with van der Waals surface area (Å²) in [4.78, 5) is 35.4. The van der Waals surface area contributed by atoms with Crippen LogP contribution in [0.1, 0.15) is 21.5 Å². The Morgan fingerprint density at radius 1 is 0.909 bits per heavy atom. The topological polar surface area (TPSA) is 75.3 Å². The molecule has 168 valence electrons. The van der Waals surface area contributed by atoms with Gasteiger partial charge in [0.25, 0.3) is 11.1 Å². The Morgan fingerprint density at radius 3 is 2.30 bits per heavy atom. The lowest BCUT2D eigenvalue weighted by Gasteiger charge is -2.09. The molecule has 0 bridgehead atoms. The van der Waals surface area contributed by atoms with Gasteiger partial charge in [-0.3, -0.25) is 19.7 Å². The number of hydrogen-bond donors (Lipinski definition) is 2. The van der Waals surface area contributed by atoms with E-state index in [2.05, 4.69) is 16.7 Å². The van der Waals surface area contributed by atoms with Crippen LogP contribution in [0, 0.1) is 0 Å². The summed E-state index contributed by atoms with van der Waals surface area (Å²) >= 11 is 13.0. The van der Waals surface area contributed by atoms with Gasteiger partial charge in [-0.25, -0.2) is 0 Å². The molecule has 5 nitrogen and oxygen atoms in total. The SMILES string of the molecule is O=C1NC(=O)C(Cc2ccc(-c3cccc(CCNC(=O)c4cc(Cl)cc(Cl)c4)c3)cc2)S1. The highest BCUT2D eigenvalue weighted by Crippen LogP contribution is 2.25. The second-order valence-electron chi connectivity index (χ2n) is 7.65. The van der Waals surface area contributed by atoms with Crippen molar-refractivity contribution in [2.24, 2.45) is 0 Å². The largest absolute Gasteiger partial charge is 0.352 e. The zero-order valence-electron chi connectivity index (χ0n) is 17.4. The number of nitrogens with one attached hydrogen (secondary N) is 2. The monoisotopic (exact) mass is 498 g/mol. The Balaban J connectivity index is 1.35. The predicted octanol–water partition coefficient (Wildman–Crippen LogP) is 5.53. The molecule has 2 N–H and O–H groups in total. The van der Waals surface area contributed by atoms with E-state index < -0.39 is 0 Å². The van der Waals surface area contributed by atoms with Crippen molar-refractivity contribution in [2.45, 2.75) is 18.1 Å². The van der Waals surface area contributed by atoms with Crippen molar-refractivity contribution in [3.63, 3.8) is 0 Å². The summed E-state index contributed by atoms with van der Waals surface area (Å²) in [5.74, 6) is -0.450. The van der Waals surface area contributed by atoms with E-state index in [0.717, 1.165) is 34.0 Å². The van der Waals surface area contributed by atoms with Crippen LogP contribution < -0.4 is 10.6 Å². The first-order valence-electron chi connectivity index (χ1n) is 10.3. The molecule has 1 heterocycles. The number of hydrogen-bond acceptors (Lipinski definition) is 4. The average Bonchev–Trinajstić information content (AvgIpc) is 3.10. The first-order chi connectivity index (χ1) is 15.9. The Hall–Kier alpha value is -2.80. The number of halogens is 2. The third-order valence-electron chi connectivity index (χ3n) is 5.23. The fraction of sp³-hybridized carbons (Fsp3) is 0.160. The molecule has 1 saturated heterocycles. The van der Waals surface area contributed by atoms with E-state index in [0.29, 0.717) is 35.0 Å². The van der Waals surface area contributed by atoms with Crippen LogP contribution in [-0.4, -0.2) is 28.8 Å². The first-order valence-corrected chi connectivity index (χ1v) is 11.9. The van der Waals surface area contributed by atoms with Gasteiger partial charge in [-0.05, 0) is 53.3 Å². The molecule has 1 unspecified atom stereocenters. The van der Waals surface area contributed by atoms with Gasteiger partial charge in [-0.1, -0.05) is 83.5 Å². The van der Waals surface area contributed by atoms with Gasteiger partial charge in [0.05, 0.1) is 5.25 Å². The molecule has 3 aromatic carbocycles. The summed E-state index contributed by atoms with van der Waals surface area (Å²) in [6.07, 6.45) is 1.19. The highest BCUT2D eigenvalue weighted by molar-refractivity contribution is 8.15. The van der Waals surface area contributed by atoms with Gasteiger partial charge in [0.1, 0.15) is 0 Å². The third kappa shape index (κ3) is 6.16. The fourth-order valence-electron chi connectivity index (χ4n) is 3.59. The van der Waals surface area contributed by atoms with Crippen LogP contribution in [0.5, 0.6) is 0 Å². The molecule has 3 aromatic rings. The number of amides is 3. The van der Waals surface area contributed by atoms with Crippen molar-refractivity contribution in [1.82, 2.24) is 10.6 Å². The summed E-state index contributed by atoms with van der Waals surface area (Å²) < 4.78 is 0. The number of imide groups is 1. The van der Waals surface area contributed by atoms with Gasteiger partial charge in [0, 0.05) is 22.2 Å².